The topological polar surface area (TPSA) is 80.5 Å². The van der Waals surface area contributed by atoms with Gasteiger partial charge in [0.2, 0.25) is 10.0 Å². The molecule has 2 rings (SSSR count). The van der Waals surface area contributed by atoms with Crippen molar-refractivity contribution in [3.8, 4) is 0 Å². The maximum atomic E-state index is 12.7. The lowest BCUT2D eigenvalue weighted by atomic mass is 10.0. The normalized spacial score (nSPS) is 20.1. The van der Waals surface area contributed by atoms with Crippen molar-refractivity contribution in [1.29, 1.82) is 0 Å². The van der Waals surface area contributed by atoms with Gasteiger partial charge < -0.3 is 0 Å². The molecule has 1 saturated heterocycles. The summed E-state index contributed by atoms with van der Waals surface area (Å²) in [7, 11) is -3.74. The zero-order chi connectivity index (χ0) is 15.8. The van der Waals surface area contributed by atoms with Crippen LogP contribution in [0.3, 0.4) is 0 Å². The molecule has 21 heavy (non-hydrogen) atoms. The average Bonchev–Trinajstić information content (AvgIpc) is 2.88. The Morgan fingerprint density at radius 3 is 2.67 bits per heavy atom. The number of nitro benzene ring substituents is 1. The molecule has 0 saturated carbocycles. The first kappa shape index (κ1) is 16.2. The van der Waals surface area contributed by atoms with Gasteiger partial charge in [-0.15, -0.1) is 0 Å². The van der Waals surface area contributed by atoms with E-state index in [1.807, 2.05) is 13.8 Å². The molecule has 1 aliphatic rings. The van der Waals surface area contributed by atoms with Gasteiger partial charge in [-0.25, -0.2) is 8.42 Å². The van der Waals surface area contributed by atoms with Gasteiger partial charge in [0, 0.05) is 18.7 Å². The van der Waals surface area contributed by atoms with E-state index in [2.05, 4.69) is 0 Å². The van der Waals surface area contributed by atoms with Crippen LogP contribution in [0.25, 0.3) is 0 Å². The Morgan fingerprint density at radius 1 is 1.43 bits per heavy atom. The number of rotatable bonds is 4. The molecule has 0 aliphatic carbocycles. The van der Waals surface area contributed by atoms with Gasteiger partial charge in [-0.2, -0.15) is 4.31 Å². The lowest BCUT2D eigenvalue weighted by Crippen LogP contribution is -2.38. The average molecular weight is 333 g/mol. The number of nitrogens with zero attached hydrogens (tertiary/aromatic N) is 2. The molecule has 1 heterocycles. The highest BCUT2D eigenvalue weighted by molar-refractivity contribution is 7.89. The molecule has 116 valence electrons. The minimum Gasteiger partial charge on any atom is -0.258 e. The maximum Gasteiger partial charge on any atom is 0.289 e. The zero-order valence-corrected chi connectivity index (χ0v) is 13.4. The molecule has 6 nitrogen and oxygen atoms in total. The number of hydrogen-bond donors (Lipinski definition) is 0. The third-order valence-corrected chi connectivity index (χ3v) is 5.98. The maximum absolute atomic E-state index is 12.7. The lowest BCUT2D eigenvalue weighted by Gasteiger charge is -2.26. The minimum atomic E-state index is -3.74. The van der Waals surface area contributed by atoms with Gasteiger partial charge in [0.1, 0.15) is 5.02 Å². The SMILES string of the molecule is CC(C)C1CCCN1S(=O)(=O)c1ccc(Cl)c([N+](=O)[O-])c1. The molecule has 1 aliphatic heterocycles. The summed E-state index contributed by atoms with van der Waals surface area (Å²) in [5, 5.41) is 10.8. The number of benzene rings is 1. The summed E-state index contributed by atoms with van der Waals surface area (Å²) in [5.74, 6) is 0.199. The van der Waals surface area contributed by atoms with Crippen molar-refractivity contribution >= 4 is 27.3 Å². The van der Waals surface area contributed by atoms with Crippen molar-refractivity contribution in [2.45, 2.75) is 37.6 Å². The fourth-order valence-corrected chi connectivity index (χ4v) is 4.69. The molecule has 0 radical (unpaired) electrons. The second-order valence-electron chi connectivity index (χ2n) is 5.44. The molecule has 0 amide bonds. The minimum absolute atomic E-state index is 0.0651. The van der Waals surface area contributed by atoms with Crippen molar-refractivity contribution in [2.75, 3.05) is 6.54 Å². The highest BCUT2D eigenvalue weighted by atomic mass is 35.5. The Balaban J connectivity index is 2.45. The molecule has 0 N–H and O–H groups in total. The van der Waals surface area contributed by atoms with Crippen LogP contribution in [0.15, 0.2) is 23.1 Å². The number of nitro groups is 1. The Kier molecular flexibility index (Phi) is 4.55. The fourth-order valence-electron chi connectivity index (χ4n) is 2.66. The molecule has 0 bridgehead atoms. The number of halogens is 1. The van der Waals surface area contributed by atoms with Crippen LogP contribution in [-0.4, -0.2) is 30.2 Å². The van der Waals surface area contributed by atoms with E-state index in [-0.39, 0.29) is 21.9 Å². The first-order valence-electron chi connectivity index (χ1n) is 6.71. The van der Waals surface area contributed by atoms with Gasteiger partial charge in [0.25, 0.3) is 5.69 Å². The van der Waals surface area contributed by atoms with E-state index in [0.29, 0.717) is 6.54 Å². The van der Waals surface area contributed by atoms with E-state index in [1.54, 1.807) is 0 Å². The molecule has 1 atom stereocenters. The smallest absolute Gasteiger partial charge is 0.258 e. The molecule has 0 spiro atoms. The molecule has 8 heteroatoms. The Labute approximate surface area is 128 Å². The van der Waals surface area contributed by atoms with E-state index in [9.17, 15) is 18.5 Å². The predicted octanol–water partition coefficient (Wildman–Crippen LogP) is 3.06. The predicted molar refractivity (Wildman–Crippen MR) is 79.9 cm³/mol. The molecular weight excluding hydrogens is 316 g/mol. The lowest BCUT2D eigenvalue weighted by molar-refractivity contribution is -0.384. The van der Waals surface area contributed by atoms with Crippen LogP contribution in [0, 0.1) is 16.0 Å². The second-order valence-corrected chi connectivity index (χ2v) is 7.74. The standard InChI is InChI=1S/C13H17ClN2O4S/c1-9(2)12-4-3-7-15(12)21(19,20)10-5-6-11(14)13(8-10)16(17)18/h5-6,8-9,12H,3-4,7H2,1-2H3. The number of sulfonamides is 1. The summed E-state index contributed by atoms with van der Waals surface area (Å²) in [6.45, 7) is 4.40. The van der Waals surface area contributed by atoms with Gasteiger partial charge in [-0.1, -0.05) is 25.4 Å². The third kappa shape index (κ3) is 3.04. The highest BCUT2D eigenvalue weighted by Crippen LogP contribution is 2.33. The third-order valence-electron chi connectivity index (χ3n) is 3.74. The summed E-state index contributed by atoms with van der Waals surface area (Å²) in [6.07, 6.45) is 1.62. The monoisotopic (exact) mass is 332 g/mol. The Bertz CT molecular complexity index is 660. The van der Waals surface area contributed by atoms with E-state index in [4.69, 9.17) is 11.6 Å². The summed E-state index contributed by atoms with van der Waals surface area (Å²) >= 11 is 5.73. The number of hydrogen-bond acceptors (Lipinski definition) is 4. The van der Waals surface area contributed by atoms with Gasteiger partial charge in [-0.3, -0.25) is 10.1 Å². The van der Waals surface area contributed by atoms with Gasteiger partial charge >= 0.3 is 0 Å². The molecule has 1 aromatic rings. The summed E-state index contributed by atoms with van der Waals surface area (Å²) < 4.78 is 26.8. The van der Waals surface area contributed by atoms with Crippen LogP contribution in [0.1, 0.15) is 26.7 Å². The summed E-state index contributed by atoms with van der Waals surface area (Å²) in [6, 6.07) is 3.55. The summed E-state index contributed by atoms with van der Waals surface area (Å²) in [4.78, 5) is 10.2. The first-order chi connectivity index (χ1) is 9.75. The van der Waals surface area contributed by atoms with Crippen molar-refractivity contribution in [2.24, 2.45) is 5.92 Å². The van der Waals surface area contributed by atoms with Crippen LogP contribution in [-0.2, 0) is 10.0 Å². The molecule has 0 aromatic heterocycles. The molecule has 1 aromatic carbocycles. The molecule has 1 unspecified atom stereocenters. The Morgan fingerprint density at radius 2 is 2.10 bits per heavy atom. The van der Waals surface area contributed by atoms with Crippen LogP contribution in [0.5, 0.6) is 0 Å². The van der Waals surface area contributed by atoms with E-state index in [1.165, 1.54) is 16.4 Å². The van der Waals surface area contributed by atoms with Gasteiger partial charge in [0.15, 0.2) is 0 Å². The fraction of sp³-hybridized carbons (Fsp3) is 0.538. The highest BCUT2D eigenvalue weighted by Gasteiger charge is 2.37. The zero-order valence-electron chi connectivity index (χ0n) is 11.8. The van der Waals surface area contributed by atoms with Crippen LogP contribution in [0.2, 0.25) is 5.02 Å². The Hall–Kier alpha value is -1.18. The van der Waals surface area contributed by atoms with Gasteiger partial charge in [-0.05, 0) is 30.9 Å². The molecular formula is C13H17ClN2O4S. The van der Waals surface area contributed by atoms with Crippen LogP contribution in [0.4, 0.5) is 5.69 Å². The van der Waals surface area contributed by atoms with E-state index < -0.39 is 20.6 Å². The van der Waals surface area contributed by atoms with E-state index >= 15 is 0 Å². The van der Waals surface area contributed by atoms with Crippen molar-refractivity contribution in [3.63, 3.8) is 0 Å². The second kappa shape index (κ2) is 5.90. The van der Waals surface area contributed by atoms with E-state index in [0.717, 1.165) is 18.9 Å². The first-order valence-corrected chi connectivity index (χ1v) is 8.52. The van der Waals surface area contributed by atoms with Crippen molar-refractivity contribution in [1.82, 2.24) is 4.31 Å². The van der Waals surface area contributed by atoms with Crippen LogP contribution >= 0.6 is 11.6 Å². The summed E-state index contributed by atoms with van der Waals surface area (Å²) in [5.41, 5.74) is -0.391. The molecule has 1 fully saturated rings. The van der Waals surface area contributed by atoms with Crippen LogP contribution < -0.4 is 0 Å². The quantitative estimate of drug-likeness (QED) is 0.627. The largest absolute Gasteiger partial charge is 0.289 e. The van der Waals surface area contributed by atoms with Gasteiger partial charge in [0.05, 0.1) is 9.82 Å². The van der Waals surface area contributed by atoms with Crippen molar-refractivity contribution < 1.29 is 13.3 Å². The van der Waals surface area contributed by atoms with Crippen molar-refractivity contribution in [3.05, 3.63) is 33.3 Å².